The molecule has 0 unspecified atom stereocenters. The molecule has 0 aromatic heterocycles. The number of rotatable bonds is 4. The third-order valence-electron chi connectivity index (χ3n) is 3.29. The summed E-state index contributed by atoms with van der Waals surface area (Å²) >= 11 is 1.47. The SMILES string of the molecule is CO[C@H]1C(=O)N2C(C(=O)OC(C)(C)C)=C(COC(C)=O)CS[C@@H]12. The van der Waals surface area contributed by atoms with Crippen LogP contribution in [0, 0.1) is 0 Å². The Morgan fingerprint density at radius 1 is 1.35 bits per heavy atom. The van der Waals surface area contributed by atoms with Gasteiger partial charge in [-0.25, -0.2) is 4.79 Å². The van der Waals surface area contributed by atoms with Crippen molar-refractivity contribution in [3.63, 3.8) is 0 Å². The Balaban J connectivity index is 2.31. The molecule has 1 saturated heterocycles. The third-order valence-corrected chi connectivity index (χ3v) is 4.61. The Labute approximate surface area is 139 Å². The van der Waals surface area contributed by atoms with Crippen LogP contribution in [0.15, 0.2) is 11.3 Å². The summed E-state index contributed by atoms with van der Waals surface area (Å²) in [5, 5.41) is -0.254. The van der Waals surface area contributed by atoms with Crippen LogP contribution in [0.4, 0.5) is 0 Å². The van der Waals surface area contributed by atoms with Gasteiger partial charge in [-0.2, -0.15) is 0 Å². The summed E-state index contributed by atoms with van der Waals surface area (Å²) in [4.78, 5) is 37.2. The number of carbonyl (C=O) groups excluding carboxylic acids is 3. The van der Waals surface area contributed by atoms with Gasteiger partial charge in [-0.3, -0.25) is 14.5 Å². The summed E-state index contributed by atoms with van der Waals surface area (Å²) in [5.41, 5.74) is 0.0486. The number of esters is 2. The smallest absolute Gasteiger partial charge is 0.355 e. The number of methoxy groups -OCH3 is 1. The molecule has 8 heteroatoms. The van der Waals surface area contributed by atoms with Crippen molar-refractivity contribution in [3.05, 3.63) is 11.3 Å². The molecule has 128 valence electrons. The highest BCUT2D eigenvalue weighted by Gasteiger charge is 2.54. The maximum Gasteiger partial charge on any atom is 0.355 e. The minimum atomic E-state index is -0.689. The monoisotopic (exact) mass is 343 g/mol. The molecule has 2 aliphatic heterocycles. The molecule has 0 saturated carbocycles. The molecule has 0 aliphatic carbocycles. The molecule has 0 aromatic rings. The fraction of sp³-hybridized carbons (Fsp3) is 0.667. The van der Waals surface area contributed by atoms with Crippen LogP contribution in [-0.4, -0.2) is 59.3 Å². The first-order valence-corrected chi connectivity index (χ1v) is 8.27. The second-order valence-corrected chi connectivity index (χ2v) is 7.41. The van der Waals surface area contributed by atoms with Crippen molar-refractivity contribution in [2.24, 2.45) is 0 Å². The summed E-state index contributed by atoms with van der Waals surface area (Å²) in [5.74, 6) is -0.854. The quantitative estimate of drug-likeness (QED) is 0.558. The molecule has 0 aromatic carbocycles. The van der Waals surface area contributed by atoms with Gasteiger partial charge in [0.15, 0.2) is 6.10 Å². The first-order chi connectivity index (χ1) is 10.7. The Bertz CT molecular complexity index is 565. The summed E-state index contributed by atoms with van der Waals surface area (Å²) in [7, 11) is 1.46. The van der Waals surface area contributed by atoms with Crippen LogP contribution < -0.4 is 0 Å². The van der Waals surface area contributed by atoms with Crippen LogP contribution in [0.3, 0.4) is 0 Å². The number of amides is 1. The van der Waals surface area contributed by atoms with Gasteiger partial charge >= 0.3 is 11.9 Å². The average molecular weight is 343 g/mol. The predicted octanol–water partition coefficient (Wildman–Crippen LogP) is 1.08. The van der Waals surface area contributed by atoms with Crippen molar-refractivity contribution < 1.29 is 28.6 Å². The van der Waals surface area contributed by atoms with E-state index in [9.17, 15) is 14.4 Å². The van der Waals surface area contributed by atoms with E-state index in [1.165, 1.54) is 30.7 Å². The van der Waals surface area contributed by atoms with E-state index < -0.39 is 23.6 Å². The second kappa shape index (κ2) is 6.52. The third kappa shape index (κ3) is 3.69. The number of hydrogen-bond acceptors (Lipinski definition) is 7. The Morgan fingerprint density at radius 3 is 2.52 bits per heavy atom. The van der Waals surface area contributed by atoms with Gasteiger partial charge in [0.25, 0.3) is 5.91 Å². The highest BCUT2D eigenvalue weighted by Crippen LogP contribution is 2.42. The molecule has 0 radical (unpaired) electrons. The van der Waals surface area contributed by atoms with Crippen molar-refractivity contribution in [1.82, 2.24) is 4.90 Å². The van der Waals surface area contributed by atoms with Crippen molar-refractivity contribution >= 4 is 29.6 Å². The molecule has 23 heavy (non-hydrogen) atoms. The summed E-state index contributed by atoms with van der Waals surface area (Å²) in [6.45, 7) is 6.51. The molecule has 1 fully saturated rings. The van der Waals surface area contributed by atoms with E-state index in [0.29, 0.717) is 11.3 Å². The number of nitrogens with zero attached hydrogens (tertiary/aromatic N) is 1. The number of carbonyl (C=O) groups is 3. The lowest BCUT2D eigenvalue weighted by Gasteiger charge is -2.49. The maximum atomic E-state index is 12.5. The van der Waals surface area contributed by atoms with E-state index in [1.807, 2.05) is 0 Å². The molecule has 2 aliphatic rings. The topological polar surface area (TPSA) is 82.1 Å². The molecule has 7 nitrogen and oxygen atoms in total. The van der Waals surface area contributed by atoms with Crippen molar-refractivity contribution in [2.75, 3.05) is 19.5 Å². The van der Waals surface area contributed by atoms with Crippen molar-refractivity contribution in [1.29, 1.82) is 0 Å². The summed E-state index contributed by atoms with van der Waals surface area (Å²) in [6.07, 6.45) is -0.562. The number of thioether (sulfide) groups is 1. The van der Waals surface area contributed by atoms with E-state index in [1.54, 1.807) is 20.8 Å². The van der Waals surface area contributed by atoms with Gasteiger partial charge in [-0.05, 0) is 20.8 Å². The van der Waals surface area contributed by atoms with Gasteiger partial charge in [0.1, 0.15) is 23.3 Å². The zero-order chi connectivity index (χ0) is 17.4. The van der Waals surface area contributed by atoms with Gasteiger partial charge in [-0.1, -0.05) is 0 Å². The fourth-order valence-corrected chi connectivity index (χ4v) is 3.70. The number of hydrogen-bond donors (Lipinski definition) is 0. The molecule has 0 bridgehead atoms. The van der Waals surface area contributed by atoms with E-state index in [-0.39, 0.29) is 23.6 Å². The minimum Gasteiger partial charge on any atom is -0.461 e. The van der Waals surface area contributed by atoms with Crippen LogP contribution in [0.2, 0.25) is 0 Å². The normalized spacial score (nSPS) is 24.0. The Kier molecular flexibility index (Phi) is 5.05. The fourth-order valence-electron chi connectivity index (χ4n) is 2.35. The number of ether oxygens (including phenoxy) is 3. The average Bonchev–Trinajstić information content (AvgIpc) is 2.42. The van der Waals surface area contributed by atoms with Crippen molar-refractivity contribution in [3.8, 4) is 0 Å². The van der Waals surface area contributed by atoms with E-state index in [0.717, 1.165) is 0 Å². The standard InChI is InChI=1S/C15H21NO6S/c1-8(17)21-6-9-7-23-13-11(20-5)12(18)16(13)10(9)14(19)22-15(2,3)4/h11,13H,6-7H2,1-5H3/t11-,13-/m0/s1. The molecule has 0 N–H and O–H groups in total. The first kappa shape index (κ1) is 17.8. The van der Waals surface area contributed by atoms with E-state index in [4.69, 9.17) is 14.2 Å². The second-order valence-electron chi connectivity index (χ2n) is 6.30. The van der Waals surface area contributed by atoms with E-state index in [2.05, 4.69) is 0 Å². The highest BCUT2D eigenvalue weighted by atomic mass is 32.2. The van der Waals surface area contributed by atoms with Gasteiger partial charge in [0.05, 0.1) is 0 Å². The zero-order valence-corrected chi connectivity index (χ0v) is 14.7. The number of fused-ring (bicyclic) bond motifs is 1. The largest absolute Gasteiger partial charge is 0.461 e. The van der Waals surface area contributed by atoms with E-state index >= 15 is 0 Å². The lowest BCUT2D eigenvalue weighted by atomic mass is 10.1. The van der Waals surface area contributed by atoms with Gasteiger partial charge < -0.3 is 14.2 Å². The number of β-lactam (4-membered cyclic amide) rings is 1. The van der Waals surface area contributed by atoms with Crippen LogP contribution in [0.1, 0.15) is 27.7 Å². The lowest BCUT2D eigenvalue weighted by molar-refractivity contribution is -0.167. The summed E-state index contributed by atoms with van der Waals surface area (Å²) in [6, 6.07) is 0. The maximum absolute atomic E-state index is 12.5. The van der Waals surface area contributed by atoms with Gasteiger partial charge in [0.2, 0.25) is 0 Å². The zero-order valence-electron chi connectivity index (χ0n) is 13.9. The van der Waals surface area contributed by atoms with Crippen LogP contribution in [0.5, 0.6) is 0 Å². The lowest BCUT2D eigenvalue weighted by Crippen LogP contribution is -2.65. The predicted molar refractivity (Wildman–Crippen MR) is 83.4 cm³/mol. The molecule has 2 heterocycles. The summed E-state index contributed by atoms with van der Waals surface area (Å²) < 4.78 is 15.6. The molecular formula is C15H21NO6S. The molecule has 0 spiro atoms. The Morgan fingerprint density at radius 2 is 2.00 bits per heavy atom. The van der Waals surface area contributed by atoms with Gasteiger partial charge in [-0.15, -0.1) is 11.8 Å². The molecular weight excluding hydrogens is 322 g/mol. The van der Waals surface area contributed by atoms with Crippen LogP contribution in [0.25, 0.3) is 0 Å². The molecule has 2 atom stereocenters. The highest BCUT2D eigenvalue weighted by molar-refractivity contribution is 8.00. The Hall–Kier alpha value is -1.54. The van der Waals surface area contributed by atoms with Crippen molar-refractivity contribution in [2.45, 2.75) is 44.8 Å². The molecule has 1 amide bonds. The van der Waals surface area contributed by atoms with Crippen LogP contribution >= 0.6 is 11.8 Å². The van der Waals surface area contributed by atoms with Crippen LogP contribution in [-0.2, 0) is 28.6 Å². The van der Waals surface area contributed by atoms with Gasteiger partial charge in [0, 0.05) is 25.4 Å². The first-order valence-electron chi connectivity index (χ1n) is 7.22. The molecule has 2 rings (SSSR count). The minimum absolute atomic E-state index is 0.0366.